The molecule has 58 heavy (non-hydrogen) atoms. The number of Topliss-reactive ketones (excluding diaryl/α,β-unsaturated/α-hetero) is 1. The molecule has 0 unspecified atom stereocenters. The number of likely N-dealkylation sites (N-methyl/N-ethyl adjacent to an activating group) is 3. The number of carbonyl (C=O) groups is 6. The van der Waals surface area contributed by atoms with Gasteiger partial charge < -0.3 is 61.2 Å². The van der Waals surface area contributed by atoms with Crippen LogP contribution in [0, 0.1) is 5.41 Å². The average Bonchev–Trinajstić information content (AvgIpc) is 3.87. The number of nitrogens with two attached hydrogens (primary N) is 1. The van der Waals surface area contributed by atoms with Gasteiger partial charge in [0.15, 0.2) is 5.95 Å². The lowest BCUT2D eigenvalue weighted by Gasteiger charge is -2.12. The Morgan fingerprint density at radius 3 is 1.55 bits per heavy atom. The quantitative estimate of drug-likeness (QED) is 0.0349. The fourth-order valence-electron chi connectivity index (χ4n) is 4.28. The molecule has 0 bridgehead atoms. The zero-order valence-electron chi connectivity index (χ0n) is 33.9. The number of carboxylic acid groups (broad SMARTS) is 1. The Balaban J connectivity index is -0.000000152. The molecule has 24 heteroatoms. The van der Waals surface area contributed by atoms with Crippen LogP contribution in [0.2, 0.25) is 6.82 Å². The van der Waals surface area contributed by atoms with E-state index in [1.807, 2.05) is 46.9 Å². The van der Waals surface area contributed by atoms with Crippen LogP contribution in [0.25, 0.3) is 0 Å². The molecule has 4 heterocycles. The first-order chi connectivity index (χ1) is 25.9. The number of imidazole rings is 1. The number of nitrogens with one attached hydrogen (secondary N) is 5. The largest absolute Gasteiger partial charge is 0.870 e. The molecule has 0 amide bonds. The van der Waals surface area contributed by atoms with Crippen LogP contribution in [-0.2, 0) is 49.4 Å². The number of hydrogen-bond acceptors (Lipinski definition) is 19. The Hall–Kier alpha value is -4.23. The van der Waals surface area contributed by atoms with Crippen LogP contribution < -0.4 is 21.6 Å². The van der Waals surface area contributed by atoms with Crippen molar-refractivity contribution in [2.24, 2.45) is 5.73 Å². The van der Waals surface area contributed by atoms with E-state index in [9.17, 15) is 24.0 Å². The first kappa shape index (κ1) is 65.6. The van der Waals surface area contributed by atoms with Crippen LogP contribution in [0.3, 0.4) is 0 Å². The van der Waals surface area contributed by atoms with Crippen LogP contribution in [0.5, 0.6) is 0 Å². The van der Waals surface area contributed by atoms with Gasteiger partial charge >= 0.3 is 30.9 Å². The van der Waals surface area contributed by atoms with Crippen LogP contribution in [0.1, 0.15) is 59.6 Å². The van der Waals surface area contributed by atoms with Gasteiger partial charge in [-0.1, -0.05) is 14.9 Å². The number of esters is 3. The number of ketones is 1. The molecule has 3 atom stereocenters. The number of anilines is 1. The van der Waals surface area contributed by atoms with Crippen LogP contribution >= 0.6 is 11.6 Å². The number of aryl methyl sites for hydroxylation is 1. The number of carbonyl (C=O) groups excluding carboxylic acids is 5. The number of aromatic amines is 1. The standard InChI is InChI=1S/C10H17BN4O3.C8H12ClNO3.C7H11NO4.C2H6N2.2C2H7N.CH2O.2CH4.H2O/c1-11(17)14-10-12-5-7(13-10)3-4-8-9(16)18-6-15(8)2;1-10-5-13-8(12)7(10)3-2-6(11)4-9;1-8-4-12-7(11)5(8)2-3-6(9)10;1-2(3)4;2*1-3-2;1-2;;;/h5,8,17H,3-4,6H2,1-2H3,(H2,12,13,14);7H,2-5H2,1H3;5H,2-4H2,1H3,(H,9,10);1H3,(H3,3,4);2*3H,1-2H3;1H2;2*1H4;1H2/p-1/t8-;7-;5-;;;;;;;/m000......./s1. The van der Waals surface area contributed by atoms with Gasteiger partial charge in [-0.3, -0.25) is 44.1 Å². The van der Waals surface area contributed by atoms with Gasteiger partial charge in [0.25, 0.3) is 0 Å². The van der Waals surface area contributed by atoms with E-state index < -0.39 is 13.0 Å². The number of aromatic nitrogens is 2. The maximum absolute atomic E-state index is 11.4. The minimum atomic E-state index is -0.886. The topological polar surface area (TPSA) is 325 Å². The first-order valence-corrected chi connectivity index (χ1v) is 17.6. The Labute approximate surface area is 349 Å². The van der Waals surface area contributed by atoms with E-state index in [-0.39, 0.29) is 87.0 Å². The Kier molecular flexibility index (Phi) is 44.8. The summed E-state index contributed by atoms with van der Waals surface area (Å²) in [4.78, 5) is 75.0. The van der Waals surface area contributed by atoms with Gasteiger partial charge in [-0.05, 0) is 88.8 Å². The van der Waals surface area contributed by atoms with Crippen molar-refractivity contribution in [2.75, 3.05) is 80.6 Å². The molecule has 0 aliphatic carbocycles. The lowest BCUT2D eigenvalue weighted by atomic mass is 9.89. The Morgan fingerprint density at radius 2 is 1.26 bits per heavy atom. The van der Waals surface area contributed by atoms with Crippen molar-refractivity contribution >= 4 is 66.9 Å². The molecule has 3 aliphatic rings. The zero-order chi connectivity index (χ0) is 43.1. The lowest BCUT2D eigenvalue weighted by molar-refractivity contribution is -0.141. The number of nitrogens with zero attached hydrogens (tertiary/aromatic N) is 4. The summed E-state index contributed by atoms with van der Waals surface area (Å²) < 4.78 is 14.4. The van der Waals surface area contributed by atoms with E-state index in [1.165, 1.54) is 6.92 Å². The number of halogens is 1. The molecule has 0 spiro atoms. The maximum atomic E-state index is 11.4. The highest BCUT2D eigenvalue weighted by molar-refractivity contribution is 6.52. The fourth-order valence-corrected chi connectivity index (χ4v) is 4.42. The van der Waals surface area contributed by atoms with E-state index in [4.69, 9.17) is 51.9 Å². The minimum Gasteiger partial charge on any atom is -0.870 e. The van der Waals surface area contributed by atoms with E-state index in [2.05, 4.69) is 25.8 Å². The number of hydrogen-bond donors (Lipinski definition) is 8. The highest BCUT2D eigenvalue weighted by Gasteiger charge is 2.33. The van der Waals surface area contributed by atoms with Gasteiger partial charge in [0.1, 0.15) is 50.9 Å². The molecule has 4 rings (SSSR count). The molecule has 0 radical (unpaired) electrons. The van der Waals surface area contributed by atoms with Gasteiger partial charge in [0, 0.05) is 18.5 Å². The SMILES string of the molecule is C.C.C=O.CB(O)Nc1ncc(CC[C@H]2C(=O)OCN2C)[nH]1.CC(=N)N.CN1COC(=O)[C@@H]1CCC(=O)CCl.CN1COC(=O)[C@@H]1CCC(=O)O.CNC.CNC.[OH-]. The molecule has 340 valence electrons. The number of aliphatic carboxylic acids is 1. The normalized spacial score (nSPS) is 17.5. The number of H-pyrrole nitrogens is 1. The smallest absolute Gasteiger partial charge is 0.409 e. The monoisotopic (exact) mass is 858 g/mol. The minimum absolute atomic E-state index is 0. The predicted octanol–water partition coefficient (Wildman–Crippen LogP) is 0.258. The van der Waals surface area contributed by atoms with E-state index in [0.29, 0.717) is 51.5 Å². The summed E-state index contributed by atoms with van der Waals surface area (Å²) in [5.41, 5.74) is 5.62. The third-order valence-corrected chi connectivity index (χ3v) is 7.08. The number of ether oxygens (including phenoxy) is 3. The summed E-state index contributed by atoms with van der Waals surface area (Å²) in [6.07, 6.45) is 4.26. The van der Waals surface area contributed by atoms with Crippen molar-refractivity contribution in [3.63, 3.8) is 0 Å². The van der Waals surface area contributed by atoms with Crippen molar-refractivity contribution in [1.29, 1.82) is 5.41 Å². The van der Waals surface area contributed by atoms with Crippen molar-refractivity contribution in [1.82, 2.24) is 35.3 Å². The summed E-state index contributed by atoms with van der Waals surface area (Å²) in [6, 6.07) is -0.824. The third kappa shape index (κ3) is 31.8. The molecular weight excluding hydrogens is 787 g/mol. The Morgan fingerprint density at radius 1 is 0.914 bits per heavy atom. The second kappa shape index (κ2) is 39.6. The van der Waals surface area contributed by atoms with Crippen LogP contribution in [-0.4, -0.2) is 183 Å². The van der Waals surface area contributed by atoms with Crippen LogP contribution in [0.15, 0.2) is 6.20 Å². The van der Waals surface area contributed by atoms with Crippen molar-refractivity contribution in [2.45, 2.75) is 85.3 Å². The molecule has 22 nitrogen and oxygen atoms in total. The van der Waals surface area contributed by atoms with E-state index >= 15 is 0 Å². The molecule has 10 N–H and O–H groups in total. The molecular formula is C34H71BClN10O12-. The fraction of sp³-hybridized carbons (Fsp3) is 0.706. The highest BCUT2D eigenvalue weighted by Crippen LogP contribution is 2.16. The summed E-state index contributed by atoms with van der Waals surface area (Å²) in [6.45, 7) is 6.09. The average molecular weight is 858 g/mol. The second-order valence-electron chi connectivity index (χ2n) is 12.0. The van der Waals surface area contributed by atoms with E-state index in [1.54, 1.807) is 36.9 Å². The third-order valence-electron chi connectivity index (χ3n) is 6.78. The molecule has 3 aliphatic heterocycles. The maximum Gasteiger partial charge on any atom is 0.409 e. The van der Waals surface area contributed by atoms with Gasteiger partial charge in [0.2, 0.25) is 0 Å². The lowest BCUT2D eigenvalue weighted by Crippen LogP contribution is -2.30. The summed E-state index contributed by atoms with van der Waals surface area (Å²) in [5.74, 6) is -0.936. The predicted molar refractivity (Wildman–Crippen MR) is 224 cm³/mol. The highest BCUT2D eigenvalue weighted by atomic mass is 35.5. The molecule has 1 aromatic rings. The van der Waals surface area contributed by atoms with Crippen LogP contribution in [0.4, 0.5) is 5.95 Å². The number of carboxylic acids is 1. The van der Waals surface area contributed by atoms with Gasteiger partial charge in [-0.25, -0.2) is 4.98 Å². The zero-order valence-corrected chi connectivity index (χ0v) is 34.7. The van der Waals surface area contributed by atoms with Gasteiger partial charge in [0.05, 0.1) is 17.9 Å². The Bertz CT molecular complexity index is 1260. The number of alkyl halides is 1. The van der Waals surface area contributed by atoms with E-state index in [0.717, 1.165) is 5.69 Å². The van der Waals surface area contributed by atoms with Crippen molar-refractivity contribution in [3.8, 4) is 0 Å². The number of rotatable bonds is 12. The number of cyclic esters (lactones) is 3. The first-order valence-electron chi connectivity index (χ1n) is 17.0. The number of amidine groups is 1. The summed E-state index contributed by atoms with van der Waals surface area (Å²) in [5, 5.41) is 32.1. The van der Waals surface area contributed by atoms with Crippen molar-refractivity contribution < 1.29 is 58.6 Å². The second-order valence-corrected chi connectivity index (χ2v) is 12.3. The molecule has 1 aromatic heterocycles. The molecule has 0 aromatic carbocycles. The summed E-state index contributed by atoms with van der Waals surface area (Å²) >= 11 is 5.33. The van der Waals surface area contributed by atoms with Crippen molar-refractivity contribution in [3.05, 3.63) is 11.9 Å². The molecule has 3 fully saturated rings. The summed E-state index contributed by atoms with van der Waals surface area (Å²) in [7, 11) is 12.2. The van der Waals surface area contributed by atoms with Gasteiger partial charge in [-0.15, -0.1) is 11.6 Å². The van der Waals surface area contributed by atoms with Gasteiger partial charge in [-0.2, -0.15) is 0 Å². The molecule has 0 saturated carbocycles. The molecule has 3 saturated heterocycles.